The van der Waals surface area contributed by atoms with Crippen molar-refractivity contribution >= 4 is 16.9 Å². The van der Waals surface area contributed by atoms with Crippen LogP contribution in [0.5, 0.6) is 5.75 Å². The molecule has 0 radical (unpaired) electrons. The van der Waals surface area contributed by atoms with Gasteiger partial charge >= 0.3 is 5.97 Å². The Morgan fingerprint density at radius 3 is 2.68 bits per heavy atom. The van der Waals surface area contributed by atoms with Crippen LogP contribution in [0.1, 0.15) is 28.5 Å². The van der Waals surface area contributed by atoms with Crippen molar-refractivity contribution in [2.45, 2.75) is 25.7 Å². The van der Waals surface area contributed by atoms with Gasteiger partial charge in [0.2, 0.25) is 0 Å². The number of alkyl halides is 1. The molecule has 0 saturated heterocycles. The van der Waals surface area contributed by atoms with Crippen LogP contribution in [0.3, 0.4) is 0 Å². The fourth-order valence-corrected chi connectivity index (χ4v) is 3.92. The number of methoxy groups -OCH3 is 1. The van der Waals surface area contributed by atoms with Gasteiger partial charge < -0.3 is 24.7 Å². The summed E-state index contributed by atoms with van der Waals surface area (Å²) in [4.78, 5) is 11.2. The monoisotopic (exact) mass is 463 g/mol. The zero-order valence-electron chi connectivity index (χ0n) is 18.8. The van der Waals surface area contributed by atoms with Crippen LogP contribution in [0, 0.1) is 0 Å². The topological polar surface area (TPSA) is 94.9 Å². The Morgan fingerprint density at radius 2 is 1.91 bits per heavy atom. The zero-order valence-corrected chi connectivity index (χ0v) is 18.8. The number of nitrogens with two attached hydrogens (primary N) is 1. The summed E-state index contributed by atoms with van der Waals surface area (Å²) in [6, 6.07) is 19.7. The molecule has 4 rings (SSSR count). The van der Waals surface area contributed by atoms with E-state index in [2.05, 4.69) is 0 Å². The number of benzene rings is 3. The predicted molar refractivity (Wildman–Crippen MR) is 127 cm³/mol. The van der Waals surface area contributed by atoms with Gasteiger partial charge in [0.05, 0.1) is 12.5 Å². The van der Waals surface area contributed by atoms with E-state index in [9.17, 15) is 14.3 Å². The van der Waals surface area contributed by atoms with Crippen molar-refractivity contribution < 1.29 is 28.2 Å². The Labute approximate surface area is 196 Å². The van der Waals surface area contributed by atoms with E-state index in [1.54, 1.807) is 31.4 Å². The van der Waals surface area contributed by atoms with Crippen LogP contribution in [-0.2, 0) is 29.2 Å². The van der Waals surface area contributed by atoms with Crippen molar-refractivity contribution in [3.8, 4) is 16.9 Å². The molecule has 1 atom stereocenters. The molecule has 0 aliphatic heterocycles. The Morgan fingerprint density at radius 1 is 1.09 bits per heavy atom. The van der Waals surface area contributed by atoms with Crippen molar-refractivity contribution in [2.75, 3.05) is 13.8 Å². The van der Waals surface area contributed by atoms with E-state index in [-0.39, 0.29) is 13.0 Å². The van der Waals surface area contributed by atoms with Gasteiger partial charge in [-0.3, -0.25) is 4.79 Å². The maximum Gasteiger partial charge on any atom is 0.307 e. The average molecular weight is 464 g/mol. The average Bonchev–Trinajstić information content (AvgIpc) is 3.25. The minimum absolute atomic E-state index is 0.121. The summed E-state index contributed by atoms with van der Waals surface area (Å²) in [6.07, 6.45) is -0.121. The van der Waals surface area contributed by atoms with Crippen molar-refractivity contribution in [1.82, 2.24) is 0 Å². The van der Waals surface area contributed by atoms with Crippen LogP contribution in [0.15, 0.2) is 71.1 Å². The lowest BCUT2D eigenvalue weighted by molar-refractivity contribution is -0.136. The number of para-hydroxylation sites is 1. The summed E-state index contributed by atoms with van der Waals surface area (Å²) in [6.45, 7) is -0.0927. The van der Waals surface area contributed by atoms with Crippen molar-refractivity contribution in [3.63, 3.8) is 0 Å². The quantitative estimate of drug-likeness (QED) is 0.326. The normalized spacial score (nSPS) is 12.1. The Hall–Kier alpha value is -3.68. The summed E-state index contributed by atoms with van der Waals surface area (Å²) >= 11 is 0. The third kappa shape index (κ3) is 5.27. The second-order valence-corrected chi connectivity index (χ2v) is 8.06. The van der Waals surface area contributed by atoms with Crippen LogP contribution >= 0.6 is 0 Å². The first kappa shape index (κ1) is 23.5. The van der Waals surface area contributed by atoms with Crippen LogP contribution in [0.4, 0.5) is 4.39 Å². The van der Waals surface area contributed by atoms with Gasteiger partial charge in [-0.15, -0.1) is 0 Å². The Balaban J connectivity index is 1.73. The van der Waals surface area contributed by atoms with E-state index in [0.717, 1.165) is 22.1 Å². The Kier molecular flexibility index (Phi) is 7.25. The van der Waals surface area contributed by atoms with Gasteiger partial charge in [-0.25, -0.2) is 4.39 Å². The molecule has 0 fully saturated rings. The van der Waals surface area contributed by atoms with E-state index < -0.39 is 18.7 Å². The number of aliphatic carboxylic acids is 1. The number of carboxylic acid groups (broad SMARTS) is 1. The predicted octanol–water partition coefficient (Wildman–Crippen LogP) is 5.42. The van der Waals surface area contributed by atoms with Gasteiger partial charge in [0.25, 0.3) is 0 Å². The molecule has 7 heteroatoms. The highest BCUT2D eigenvalue weighted by molar-refractivity contribution is 5.93. The maximum absolute atomic E-state index is 13.2. The van der Waals surface area contributed by atoms with Crippen LogP contribution < -0.4 is 10.5 Å². The minimum atomic E-state index is -0.921. The second-order valence-electron chi connectivity index (χ2n) is 8.06. The van der Waals surface area contributed by atoms with E-state index >= 15 is 0 Å². The number of carboxylic acids is 1. The summed E-state index contributed by atoms with van der Waals surface area (Å²) < 4.78 is 30.5. The van der Waals surface area contributed by atoms with Gasteiger partial charge in [0.1, 0.15) is 37.0 Å². The third-order valence-electron chi connectivity index (χ3n) is 5.51. The molecular formula is C27H26FNO5. The number of ether oxygens (including phenoxy) is 2. The summed E-state index contributed by atoms with van der Waals surface area (Å²) in [5.41, 5.74) is 10.4. The van der Waals surface area contributed by atoms with E-state index in [4.69, 9.17) is 19.6 Å². The highest BCUT2D eigenvalue weighted by Crippen LogP contribution is 2.34. The van der Waals surface area contributed by atoms with Crippen molar-refractivity contribution in [3.05, 3.63) is 89.2 Å². The molecule has 1 heterocycles. The molecule has 4 aromatic rings. The second kappa shape index (κ2) is 10.5. The van der Waals surface area contributed by atoms with Gasteiger partial charge in [-0.1, -0.05) is 36.4 Å². The molecule has 3 N–H and O–H groups in total. The molecule has 0 bridgehead atoms. The molecule has 0 amide bonds. The molecule has 0 spiro atoms. The first-order valence-corrected chi connectivity index (χ1v) is 10.9. The van der Waals surface area contributed by atoms with Gasteiger partial charge in [0, 0.05) is 23.6 Å². The molecule has 176 valence electrons. The number of hydrogen-bond acceptors (Lipinski definition) is 5. The third-order valence-corrected chi connectivity index (χ3v) is 5.51. The molecule has 0 aliphatic rings. The molecule has 34 heavy (non-hydrogen) atoms. The van der Waals surface area contributed by atoms with Crippen LogP contribution in [0.2, 0.25) is 0 Å². The zero-order chi connectivity index (χ0) is 24.1. The molecule has 0 saturated carbocycles. The summed E-state index contributed by atoms with van der Waals surface area (Å²) in [5.74, 6) is 0.283. The molecule has 3 aromatic carbocycles. The first-order valence-electron chi connectivity index (χ1n) is 10.9. The smallest absolute Gasteiger partial charge is 0.307 e. The lowest BCUT2D eigenvalue weighted by Gasteiger charge is -2.13. The molecular weight excluding hydrogens is 437 g/mol. The standard InChI is InChI=1S/C27H26FNO5/c1-32-16-22-12-21-9-17(15-33-25-8-3-2-5-20(25)13-26(30)31)10-23(27(21)34-22)18-6-4-7-19(11-18)24(29)14-28/h2-12,24H,13-16,29H2,1H3,(H,30,31). The number of hydrogen-bond donors (Lipinski definition) is 2. The van der Waals surface area contributed by atoms with Gasteiger partial charge in [-0.2, -0.15) is 0 Å². The maximum atomic E-state index is 13.2. The number of halogens is 1. The van der Waals surface area contributed by atoms with Gasteiger partial charge in [-0.05, 0) is 47.0 Å². The highest BCUT2D eigenvalue weighted by Gasteiger charge is 2.15. The number of carbonyl (C=O) groups is 1. The van der Waals surface area contributed by atoms with Crippen LogP contribution in [0.25, 0.3) is 22.1 Å². The summed E-state index contributed by atoms with van der Waals surface area (Å²) in [7, 11) is 1.60. The van der Waals surface area contributed by atoms with Crippen LogP contribution in [-0.4, -0.2) is 24.9 Å². The van der Waals surface area contributed by atoms with Crippen molar-refractivity contribution in [1.29, 1.82) is 0 Å². The molecule has 0 aliphatic carbocycles. The molecule has 6 nitrogen and oxygen atoms in total. The fourth-order valence-electron chi connectivity index (χ4n) is 3.92. The van der Waals surface area contributed by atoms with Gasteiger partial charge in [0.15, 0.2) is 0 Å². The SMILES string of the molecule is COCc1cc2cc(COc3ccccc3CC(=O)O)cc(-c3cccc(C(N)CF)c3)c2o1. The number of fused-ring (bicyclic) bond motifs is 1. The number of furan rings is 1. The lowest BCUT2D eigenvalue weighted by atomic mass is 9.97. The first-order chi connectivity index (χ1) is 16.5. The van der Waals surface area contributed by atoms with E-state index in [0.29, 0.717) is 34.8 Å². The van der Waals surface area contributed by atoms with E-state index in [1.807, 2.05) is 42.5 Å². The lowest BCUT2D eigenvalue weighted by Crippen LogP contribution is -2.11. The number of rotatable bonds is 10. The summed E-state index contributed by atoms with van der Waals surface area (Å²) in [5, 5.41) is 10.1. The molecule has 1 unspecified atom stereocenters. The molecule has 1 aromatic heterocycles. The minimum Gasteiger partial charge on any atom is -0.489 e. The van der Waals surface area contributed by atoms with E-state index in [1.165, 1.54) is 0 Å². The van der Waals surface area contributed by atoms with Crippen molar-refractivity contribution in [2.24, 2.45) is 5.73 Å². The fraction of sp³-hybridized carbons (Fsp3) is 0.222. The largest absolute Gasteiger partial charge is 0.489 e. The Bertz CT molecular complexity index is 1300. The highest BCUT2D eigenvalue weighted by atomic mass is 19.1.